The van der Waals surface area contributed by atoms with Crippen LogP contribution in [-0.4, -0.2) is 0 Å². The summed E-state index contributed by atoms with van der Waals surface area (Å²) in [6.07, 6.45) is 6.30. The maximum Gasteiger partial charge on any atom is -0.0260 e. The Labute approximate surface area is 70.7 Å². The molecule has 0 aromatic carbocycles. The van der Waals surface area contributed by atoms with Crippen molar-refractivity contribution >= 4 is 0 Å². The highest BCUT2D eigenvalue weighted by Crippen LogP contribution is 2.55. The maximum atomic E-state index is 2.41. The van der Waals surface area contributed by atoms with Crippen molar-refractivity contribution in [2.24, 2.45) is 11.3 Å². The van der Waals surface area contributed by atoms with Gasteiger partial charge in [-0.05, 0) is 37.5 Å². The molecule has 0 spiro atoms. The molecule has 0 amide bonds. The highest BCUT2D eigenvalue weighted by Gasteiger charge is 2.45. The molecule has 11 heavy (non-hydrogen) atoms. The Kier molecular flexibility index (Phi) is 2.41. The van der Waals surface area contributed by atoms with Gasteiger partial charge in [0, 0.05) is 0 Å². The average Bonchev–Trinajstić information content (AvgIpc) is 2.39. The fourth-order valence-corrected chi connectivity index (χ4v) is 1.94. The quantitative estimate of drug-likeness (QED) is 0.540. The third-order valence-electron chi connectivity index (χ3n) is 3.04. The van der Waals surface area contributed by atoms with Crippen molar-refractivity contribution in [2.75, 3.05) is 0 Å². The average molecular weight is 152 g/mol. The first-order chi connectivity index (χ1) is 5.08. The first kappa shape index (κ1) is 8.83. The van der Waals surface area contributed by atoms with Crippen molar-refractivity contribution < 1.29 is 0 Å². The van der Waals surface area contributed by atoms with E-state index in [0.29, 0.717) is 5.41 Å². The minimum atomic E-state index is 0.662. The van der Waals surface area contributed by atoms with Crippen LogP contribution in [0.25, 0.3) is 0 Å². The van der Waals surface area contributed by atoms with Gasteiger partial charge in [-0.3, -0.25) is 0 Å². The number of hydrogen-bond donors (Lipinski definition) is 0. The van der Waals surface area contributed by atoms with Crippen LogP contribution in [0.2, 0.25) is 0 Å². The molecule has 0 nitrogen and oxygen atoms in total. The SMILES string of the molecule is CCC=C(C)CC1(C)CC1C. The maximum absolute atomic E-state index is 2.41. The molecule has 0 aromatic heterocycles. The Morgan fingerprint density at radius 3 is 2.55 bits per heavy atom. The molecule has 1 aliphatic rings. The summed E-state index contributed by atoms with van der Waals surface area (Å²) in [6, 6.07) is 0. The summed E-state index contributed by atoms with van der Waals surface area (Å²) in [5.74, 6) is 0.961. The molecule has 1 rings (SSSR count). The fourth-order valence-electron chi connectivity index (χ4n) is 1.94. The predicted molar refractivity (Wildman–Crippen MR) is 50.6 cm³/mol. The second-order valence-corrected chi connectivity index (χ2v) is 4.39. The second kappa shape index (κ2) is 3.00. The molecule has 0 bridgehead atoms. The van der Waals surface area contributed by atoms with Gasteiger partial charge in [-0.2, -0.15) is 0 Å². The minimum absolute atomic E-state index is 0.662. The van der Waals surface area contributed by atoms with E-state index in [9.17, 15) is 0 Å². The molecule has 64 valence electrons. The summed E-state index contributed by atoms with van der Waals surface area (Å²) < 4.78 is 0. The van der Waals surface area contributed by atoms with Gasteiger partial charge in [-0.1, -0.05) is 32.4 Å². The summed E-state index contributed by atoms with van der Waals surface area (Å²) in [4.78, 5) is 0. The molecule has 0 saturated heterocycles. The van der Waals surface area contributed by atoms with Crippen LogP contribution < -0.4 is 0 Å². The summed E-state index contributed by atoms with van der Waals surface area (Å²) in [6.45, 7) is 9.24. The van der Waals surface area contributed by atoms with E-state index in [1.165, 1.54) is 19.3 Å². The second-order valence-electron chi connectivity index (χ2n) is 4.39. The molecular formula is C11H20. The molecule has 1 aliphatic carbocycles. The normalized spacial score (nSPS) is 37.5. The van der Waals surface area contributed by atoms with Crippen LogP contribution in [0.3, 0.4) is 0 Å². The summed E-state index contributed by atoms with van der Waals surface area (Å²) in [5.41, 5.74) is 2.25. The standard InChI is InChI=1S/C11H20/c1-5-6-9(2)7-11(4)8-10(11)3/h6,10H,5,7-8H2,1-4H3. The lowest BCUT2D eigenvalue weighted by molar-refractivity contribution is 0.514. The van der Waals surface area contributed by atoms with Crippen molar-refractivity contribution in [1.29, 1.82) is 0 Å². The highest BCUT2D eigenvalue weighted by molar-refractivity contribution is 5.08. The van der Waals surface area contributed by atoms with E-state index in [1.807, 2.05) is 0 Å². The zero-order valence-electron chi connectivity index (χ0n) is 8.28. The van der Waals surface area contributed by atoms with E-state index in [2.05, 4.69) is 33.8 Å². The van der Waals surface area contributed by atoms with Gasteiger partial charge in [0.05, 0.1) is 0 Å². The fraction of sp³-hybridized carbons (Fsp3) is 0.818. The predicted octanol–water partition coefficient (Wildman–Crippen LogP) is 3.78. The van der Waals surface area contributed by atoms with Crippen LogP contribution >= 0.6 is 0 Å². The summed E-state index contributed by atoms with van der Waals surface area (Å²) in [5, 5.41) is 0. The Balaban J connectivity index is 2.37. The van der Waals surface area contributed by atoms with Crippen LogP contribution in [0.15, 0.2) is 11.6 Å². The molecule has 0 aliphatic heterocycles. The Hall–Kier alpha value is -0.260. The molecule has 1 fully saturated rings. The van der Waals surface area contributed by atoms with Gasteiger partial charge in [-0.15, -0.1) is 0 Å². The van der Waals surface area contributed by atoms with Crippen molar-refractivity contribution in [3.8, 4) is 0 Å². The monoisotopic (exact) mass is 152 g/mol. The topological polar surface area (TPSA) is 0 Å². The van der Waals surface area contributed by atoms with Crippen LogP contribution in [0.1, 0.15) is 47.0 Å². The molecule has 2 unspecified atom stereocenters. The third kappa shape index (κ3) is 2.08. The summed E-state index contributed by atoms with van der Waals surface area (Å²) >= 11 is 0. The van der Waals surface area contributed by atoms with E-state index in [4.69, 9.17) is 0 Å². The highest BCUT2D eigenvalue weighted by atomic mass is 14.5. The van der Waals surface area contributed by atoms with E-state index in [0.717, 1.165) is 5.92 Å². The lowest BCUT2D eigenvalue weighted by Crippen LogP contribution is -1.96. The van der Waals surface area contributed by atoms with Crippen molar-refractivity contribution in [1.82, 2.24) is 0 Å². The zero-order chi connectivity index (χ0) is 8.48. The van der Waals surface area contributed by atoms with Gasteiger partial charge in [0.25, 0.3) is 0 Å². The van der Waals surface area contributed by atoms with Gasteiger partial charge >= 0.3 is 0 Å². The third-order valence-corrected chi connectivity index (χ3v) is 3.04. The zero-order valence-corrected chi connectivity index (χ0v) is 8.28. The van der Waals surface area contributed by atoms with Crippen LogP contribution in [0.4, 0.5) is 0 Å². The van der Waals surface area contributed by atoms with E-state index in [-0.39, 0.29) is 0 Å². The molecule has 0 heterocycles. The summed E-state index contributed by atoms with van der Waals surface area (Å²) in [7, 11) is 0. The molecule has 0 N–H and O–H groups in total. The Morgan fingerprint density at radius 2 is 2.18 bits per heavy atom. The van der Waals surface area contributed by atoms with Gasteiger partial charge in [0.15, 0.2) is 0 Å². The van der Waals surface area contributed by atoms with E-state index in [1.54, 1.807) is 5.57 Å². The van der Waals surface area contributed by atoms with Crippen LogP contribution in [-0.2, 0) is 0 Å². The Bertz CT molecular complexity index is 167. The smallest absolute Gasteiger partial charge is 0.0260 e. The number of allylic oxidation sites excluding steroid dienone is 2. The molecule has 0 heteroatoms. The Morgan fingerprint density at radius 1 is 1.64 bits per heavy atom. The molecule has 2 atom stereocenters. The van der Waals surface area contributed by atoms with Gasteiger partial charge in [0.1, 0.15) is 0 Å². The van der Waals surface area contributed by atoms with Crippen molar-refractivity contribution in [3.05, 3.63) is 11.6 Å². The van der Waals surface area contributed by atoms with Crippen LogP contribution in [0.5, 0.6) is 0 Å². The number of hydrogen-bond acceptors (Lipinski definition) is 0. The van der Waals surface area contributed by atoms with Gasteiger partial charge < -0.3 is 0 Å². The van der Waals surface area contributed by atoms with Crippen LogP contribution in [0, 0.1) is 11.3 Å². The first-order valence-corrected chi connectivity index (χ1v) is 4.74. The van der Waals surface area contributed by atoms with Crippen molar-refractivity contribution in [3.63, 3.8) is 0 Å². The van der Waals surface area contributed by atoms with E-state index < -0.39 is 0 Å². The van der Waals surface area contributed by atoms with Gasteiger partial charge in [-0.25, -0.2) is 0 Å². The molecule has 0 radical (unpaired) electrons. The first-order valence-electron chi connectivity index (χ1n) is 4.74. The largest absolute Gasteiger partial charge is 0.0859 e. The molecule has 1 saturated carbocycles. The minimum Gasteiger partial charge on any atom is -0.0859 e. The van der Waals surface area contributed by atoms with Gasteiger partial charge in [0.2, 0.25) is 0 Å². The molecular weight excluding hydrogens is 132 g/mol. The lowest BCUT2D eigenvalue weighted by atomic mass is 9.97. The van der Waals surface area contributed by atoms with Crippen molar-refractivity contribution in [2.45, 2.75) is 47.0 Å². The lowest BCUT2D eigenvalue weighted by Gasteiger charge is -2.09. The molecule has 0 aromatic rings. The number of rotatable bonds is 3. The van der Waals surface area contributed by atoms with E-state index >= 15 is 0 Å².